The average molecular weight is 234 g/mol. The van der Waals surface area contributed by atoms with Crippen molar-refractivity contribution in [2.75, 3.05) is 24.5 Å². The Kier molecular flexibility index (Phi) is 3.02. The van der Waals surface area contributed by atoms with Crippen molar-refractivity contribution in [2.24, 2.45) is 5.92 Å². The Morgan fingerprint density at radius 1 is 1.24 bits per heavy atom. The first kappa shape index (κ1) is 11.0. The third-order valence-electron chi connectivity index (χ3n) is 3.75. The standard InChI is InChI=1S/C14H19FN2/c15-13-3-1-2-4-14(13)17-8-7-11(10-17)9-16-12-5-6-12/h1-4,11-12,16H,5-10H2. The van der Waals surface area contributed by atoms with E-state index in [0.717, 1.165) is 31.4 Å². The van der Waals surface area contributed by atoms with E-state index in [-0.39, 0.29) is 5.82 Å². The average Bonchev–Trinajstić information content (AvgIpc) is 3.06. The van der Waals surface area contributed by atoms with Crippen LogP contribution in [0.15, 0.2) is 24.3 Å². The van der Waals surface area contributed by atoms with Crippen LogP contribution in [-0.2, 0) is 0 Å². The molecule has 92 valence electrons. The third kappa shape index (κ3) is 2.60. The summed E-state index contributed by atoms with van der Waals surface area (Å²) in [6.07, 6.45) is 3.85. The van der Waals surface area contributed by atoms with Crippen LogP contribution in [0.1, 0.15) is 19.3 Å². The van der Waals surface area contributed by atoms with Crippen molar-refractivity contribution in [3.8, 4) is 0 Å². The molecule has 1 atom stereocenters. The van der Waals surface area contributed by atoms with Gasteiger partial charge in [0.1, 0.15) is 5.82 Å². The summed E-state index contributed by atoms with van der Waals surface area (Å²) in [6, 6.07) is 7.87. The van der Waals surface area contributed by atoms with Crippen molar-refractivity contribution in [1.29, 1.82) is 0 Å². The van der Waals surface area contributed by atoms with Crippen molar-refractivity contribution in [2.45, 2.75) is 25.3 Å². The van der Waals surface area contributed by atoms with Crippen molar-refractivity contribution in [3.63, 3.8) is 0 Å². The molecule has 1 aliphatic heterocycles. The molecule has 0 radical (unpaired) electrons. The molecule has 1 aromatic rings. The molecule has 0 spiro atoms. The van der Waals surface area contributed by atoms with Crippen molar-refractivity contribution in [3.05, 3.63) is 30.1 Å². The van der Waals surface area contributed by atoms with Gasteiger partial charge in [-0.05, 0) is 43.9 Å². The molecule has 1 N–H and O–H groups in total. The molecule has 0 aromatic heterocycles. The van der Waals surface area contributed by atoms with Crippen LogP contribution in [0.5, 0.6) is 0 Å². The second-order valence-corrected chi connectivity index (χ2v) is 5.23. The molecule has 1 saturated carbocycles. The van der Waals surface area contributed by atoms with E-state index in [0.29, 0.717) is 5.92 Å². The Morgan fingerprint density at radius 3 is 2.82 bits per heavy atom. The van der Waals surface area contributed by atoms with Crippen molar-refractivity contribution < 1.29 is 4.39 Å². The molecule has 1 heterocycles. The maximum Gasteiger partial charge on any atom is 0.146 e. The Bertz CT molecular complexity index is 390. The number of benzene rings is 1. The molecule has 1 unspecified atom stereocenters. The summed E-state index contributed by atoms with van der Waals surface area (Å²) in [5.41, 5.74) is 0.765. The molecule has 1 aliphatic carbocycles. The van der Waals surface area contributed by atoms with Gasteiger partial charge in [0.05, 0.1) is 5.69 Å². The van der Waals surface area contributed by atoms with Gasteiger partial charge in [-0.1, -0.05) is 12.1 Å². The van der Waals surface area contributed by atoms with Gasteiger partial charge in [0.2, 0.25) is 0 Å². The fourth-order valence-corrected chi connectivity index (χ4v) is 2.55. The first-order valence-electron chi connectivity index (χ1n) is 6.56. The lowest BCUT2D eigenvalue weighted by atomic mass is 10.1. The third-order valence-corrected chi connectivity index (χ3v) is 3.75. The molecule has 0 bridgehead atoms. The fourth-order valence-electron chi connectivity index (χ4n) is 2.55. The zero-order chi connectivity index (χ0) is 11.7. The van der Waals surface area contributed by atoms with Gasteiger partial charge >= 0.3 is 0 Å². The zero-order valence-electron chi connectivity index (χ0n) is 10.0. The van der Waals surface area contributed by atoms with Gasteiger partial charge in [-0.25, -0.2) is 4.39 Å². The minimum Gasteiger partial charge on any atom is -0.369 e. The van der Waals surface area contributed by atoms with Crippen molar-refractivity contribution >= 4 is 5.69 Å². The zero-order valence-corrected chi connectivity index (χ0v) is 10.0. The van der Waals surface area contributed by atoms with Gasteiger partial charge in [0.15, 0.2) is 0 Å². The van der Waals surface area contributed by atoms with E-state index >= 15 is 0 Å². The highest BCUT2D eigenvalue weighted by Crippen LogP contribution is 2.26. The molecule has 2 nitrogen and oxygen atoms in total. The number of anilines is 1. The smallest absolute Gasteiger partial charge is 0.146 e. The summed E-state index contributed by atoms with van der Waals surface area (Å²) in [7, 11) is 0. The van der Waals surface area contributed by atoms with Gasteiger partial charge in [-0.15, -0.1) is 0 Å². The Morgan fingerprint density at radius 2 is 2.06 bits per heavy atom. The van der Waals surface area contributed by atoms with E-state index in [9.17, 15) is 4.39 Å². The topological polar surface area (TPSA) is 15.3 Å². The number of nitrogens with one attached hydrogen (secondary N) is 1. The van der Waals surface area contributed by atoms with Crippen LogP contribution in [0, 0.1) is 11.7 Å². The van der Waals surface area contributed by atoms with E-state index in [1.807, 2.05) is 12.1 Å². The molecular weight excluding hydrogens is 215 g/mol. The molecule has 2 fully saturated rings. The Balaban J connectivity index is 1.57. The summed E-state index contributed by atoms with van der Waals surface area (Å²) in [5, 5.41) is 3.56. The quantitative estimate of drug-likeness (QED) is 0.860. The summed E-state index contributed by atoms with van der Waals surface area (Å²) < 4.78 is 13.6. The highest BCUT2D eigenvalue weighted by atomic mass is 19.1. The van der Waals surface area contributed by atoms with Crippen molar-refractivity contribution in [1.82, 2.24) is 5.32 Å². The number of hydrogen-bond donors (Lipinski definition) is 1. The Hall–Kier alpha value is -1.09. The van der Waals surface area contributed by atoms with Gasteiger partial charge in [-0.2, -0.15) is 0 Å². The molecule has 3 heteroatoms. The van der Waals surface area contributed by atoms with Crippen LogP contribution in [-0.4, -0.2) is 25.7 Å². The monoisotopic (exact) mass is 234 g/mol. The molecule has 3 rings (SSSR count). The van der Waals surface area contributed by atoms with E-state index in [1.165, 1.54) is 19.3 Å². The maximum atomic E-state index is 13.6. The lowest BCUT2D eigenvalue weighted by Gasteiger charge is -2.19. The number of halogens is 1. The lowest BCUT2D eigenvalue weighted by Crippen LogP contribution is -2.27. The van der Waals surface area contributed by atoms with Gasteiger partial charge in [0, 0.05) is 19.1 Å². The predicted molar refractivity (Wildman–Crippen MR) is 67.7 cm³/mol. The SMILES string of the molecule is Fc1ccccc1N1CCC(CNC2CC2)C1. The molecule has 1 aromatic carbocycles. The number of para-hydroxylation sites is 1. The largest absolute Gasteiger partial charge is 0.369 e. The Labute approximate surface area is 102 Å². The van der Waals surface area contributed by atoms with Crippen LogP contribution in [0.3, 0.4) is 0 Å². The second-order valence-electron chi connectivity index (χ2n) is 5.23. The summed E-state index contributed by atoms with van der Waals surface area (Å²) >= 11 is 0. The first-order chi connectivity index (χ1) is 8.33. The number of hydrogen-bond acceptors (Lipinski definition) is 2. The number of rotatable bonds is 4. The van der Waals surface area contributed by atoms with E-state index in [2.05, 4.69) is 10.2 Å². The van der Waals surface area contributed by atoms with Crippen LogP contribution < -0.4 is 10.2 Å². The van der Waals surface area contributed by atoms with Gasteiger partial charge in [0.25, 0.3) is 0 Å². The van der Waals surface area contributed by atoms with E-state index < -0.39 is 0 Å². The molecule has 17 heavy (non-hydrogen) atoms. The number of nitrogens with zero attached hydrogens (tertiary/aromatic N) is 1. The molecule has 2 aliphatic rings. The minimum atomic E-state index is -0.0942. The predicted octanol–water partition coefficient (Wildman–Crippen LogP) is 2.40. The van der Waals surface area contributed by atoms with Crippen LogP contribution in [0.25, 0.3) is 0 Å². The normalized spacial score (nSPS) is 24.3. The minimum absolute atomic E-state index is 0.0942. The van der Waals surface area contributed by atoms with Crippen LogP contribution in [0.2, 0.25) is 0 Å². The molecule has 0 amide bonds. The van der Waals surface area contributed by atoms with Crippen LogP contribution >= 0.6 is 0 Å². The van der Waals surface area contributed by atoms with Gasteiger partial charge in [-0.3, -0.25) is 0 Å². The second kappa shape index (κ2) is 4.65. The highest BCUT2D eigenvalue weighted by Gasteiger charge is 2.27. The first-order valence-corrected chi connectivity index (χ1v) is 6.56. The molecular formula is C14H19FN2. The summed E-state index contributed by atoms with van der Waals surface area (Å²) in [5.74, 6) is 0.582. The fraction of sp³-hybridized carbons (Fsp3) is 0.571. The summed E-state index contributed by atoms with van der Waals surface area (Å²) in [4.78, 5) is 2.18. The summed E-state index contributed by atoms with van der Waals surface area (Å²) in [6.45, 7) is 3.06. The maximum absolute atomic E-state index is 13.6. The van der Waals surface area contributed by atoms with Crippen LogP contribution in [0.4, 0.5) is 10.1 Å². The van der Waals surface area contributed by atoms with E-state index in [1.54, 1.807) is 12.1 Å². The van der Waals surface area contributed by atoms with E-state index in [4.69, 9.17) is 0 Å². The lowest BCUT2D eigenvalue weighted by molar-refractivity contribution is 0.514. The van der Waals surface area contributed by atoms with Gasteiger partial charge < -0.3 is 10.2 Å². The highest BCUT2D eigenvalue weighted by molar-refractivity contribution is 5.48. The molecule has 1 saturated heterocycles.